The number of hydrogen-bond acceptors (Lipinski definition) is 2. The van der Waals surface area contributed by atoms with Gasteiger partial charge in [-0.15, -0.1) is 0 Å². The Balaban J connectivity index is 1.92. The highest BCUT2D eigenvalue weighted by molar-refractivity contribution is 7.69. The molecule has 0 aromatic carbocycles. The summed E-state index contributed by atoms with van der Waals surface area (Å²) < 4.78 is 14.4. The Bertz CT molecular complexity index is 203. The molecule has 12 heavy (non-hydrogen) atoms. The van der Waals surface area contributed by atoms with Crippen molar-refractivity contribution in [3.8, 4) is 0 Å². The van der Waals surface area contributed by atoms with Crippen LogP contribution < -0.4 is 5.32 Å². The van der Waals surface area contributed by atoms with Crippen LogP contribution in [-0.4, -0.2) is 36.2 Å². The van der Waals surface area contributed by atoms with Gasteiger partial charge < -0.3 is 9.88 Å². The van der Waals surface area contributed by atoms with Crippen LogP contribution in [0.1, 0.15) is 19.8 Å². The zero-order valence-corrected chi connectivity index (χ0v) is 8.52. The Hall–Kier alpha value is 0.150. The van der Waals surface area contributed by atoms with Gasteiger partial charge in [0.15, 0.2) is 7.29 Å². The first-order valence-corrected chi connectivity index (χ1v) is 6.77. The predicted octanol–water partition coefficient (Wildman–Crippen LogP) is 1.31. The third-order valence-electron chi connectivity index (χ3n) is 2.87. The van der Waals surface area contributed by atoms with E-state index in [0.29, 0.717) is 5.78 Å². The van der Waals surface area contributed by atoms with Crippen LogP contribution in [0, 0.1) is 0 Å². The third kappa shape index (κ3) is 1.24. The van der Waals surface area contributed by atoms with Gasteiger partial charge in [0.1, 0.15) is 0 Å². The van der Waals surface area contributed by atoms with Crippen molar-refractivity contribution in [1.29, 1.82) is 0 Å². The van der Waals surface area contributed by atoms with Gasteiger partial charge in [-0.1, -0.05) is 13.3 Å². The summed E-state index contributed by atoms with van der Waals surface area (Å²) >= 11 is 0. The fraction of sp³-hybridized carbons (Fsp3) is 1.00. The summed E-state index contributed by atoms with van der Waals surface area (Å²) in [5.41, 5.74) is 0. The predicted molar refractivity (Wildman–Crippen MR) is 50.7 cm³/mol. The van der Waals surface area contributed by atoms with Gasteiger partial charge in [-0.25, -0.2) is 4.67 Å². The minimum Gasteiger partial charge on any atom is -0.313 e. The first-order chi connectivity index (χ1) is 5.79. The average molecular weight is 188 g/mol. The molecular formula is C8H17N2OP. The van der Waals surface area contributed by atoms with Gasteiger partial charge in [0, 0.05) is 25.8 Å². The largest absolute Gasteiger partial charge is 0.313 e. The van der Waals surface area contributed by atoms with Crippen molar-refractivity contribution >= 4 is 7.29 Å². The van der Waals surface area contributed by atoms with Crippen molar-refractivity contribution in [1.82, 2.24) is 9.99 Å². The molecule has 0 bridgehead atoms. The molecule has 70 valence electrons. The quantitative estimate of drug-likeness (QED) is 0.535. The van der Waals surface area contributed by atoms with Crippen LogP contribution in [0.5, 0.6) is 0 Å². The van der Waals surface area contributed by atoms with Crippen molar-refractivity contribution in [3.63, 3.8) is 0 Å². The number of unbranched alkanes of at least 4 members (excludes halogenated alkanes) is 1. The lowest BCUT2D eigenvalue weighted by molar-refractivity contribution is 0.435. The van der Waals surface area contributed by atoms with E-state index in [1.165, 1.54) is 0 Å². The summed E-state index contributed by atoms with van der Waals surface area (Å²) in [6.07, 6.45) is 3.25. The van der Waals surface area contributed by atoms with Crippen molar-refractivity contribution < 1.29 is 4.57 Å². The van der Waals surface area contributed by atoms with Crippen LogP contribution in [0.15, 0.2) is 0 Å². The van der Waals surface area contributed by atoms with Crippen molar-refractivity contribution in [3.05, 3.63) is 0 Å². The van der Waals surface area contributed by atoms with Crippen LogP contribution in [0.2, 0.25) is 0 Å². The Labute approximate surface area is 73.9 Å². The fourth-order valence-electron chi connectivity index (χ4n) is 2.03. The van der Waals surface area contributed by atoms with Gasteiger partial charge in [0.25, 0.3) is 0 Å². The van der Waals surface area contributed by atoms with E-state index in [1.807, 2.05) is 0 Å². The molecular weight excluding hydrogens is 171 g/mol. The number of nitrogens with zero attached hydrogens (tertiary/aromatic N) is 1. The Morgan fingerprint density at radius 1 is 1.67 bits per heavy atom. The van der Waals surface area contributed by atoms with E-state index in [-0.39, 0.29) is 0 Å². The third-order valence-corrected chi connectivity index (χ3v) is 6.33. The lowest BCUT2D eigenvalue weighted by Crippen LogP contribution is -2.33. The lowest BCUT2D eigenvalue weighted by Gasteiger charge is -2.08. The van der Waals surface area contributed by atoms with Crippen LogP contribution in [-0.2, 0) is 4.57 Å². The molecule has 2 rings (SSSR count). The van der Waals surface area contributed by atoms with Gasteiger partial charge in [-0.05, 0) is 6.42 Å². The number of piperazine rings is 1. The monoisotopic (exact) mass is 188 g/mol. The molecule has 3 unspecified atom stereocenters. The summed E-state index contributed by atoms with van der Waals surface area (Å²) in [5.74, 6) is 0.415. The summed E-state index contributed by atoms with van der Waals surface area (Å²) in [4.78, 5) is 0. The fourth-order valence-corrected chi connectivity index (χ4v) is 5.52. The first-order valence-electron chi connectivity index (χ1n) is 4.85. The van der Waals surface area contributed by atoms with E-state index in [4.69, 9.17) is 0 Å². The molecule has 3 nitrogen and oxygen atoms in total. The maximum absolute atomic E-state index is 12.1. The molecule has 1 N–H and O–H groups in total. The van der Waals surface area contributed by atoms with Gasteiger partial charge >= 0.3 is 0 Å². The maximum Gasteiger partial charge on any atom is 0.169 e. The van der Waals surface area contributed by atoms with E-state index in [2.05, 4.69) is 16.9 Å². The highest BCUT2D eigenvalue weighted by Gasteiger charge is 2.58. The number of fused-ring (bicyclic) bond motifs is 1. The van der Waals surface area contributed by atoms with Crippen LogP contribution >= 0.6 is 7.29 Å². The van der Waals surface area contributed by atoms with Crippen molar-refractivity contribution in [2.75, 3.05) is 25.8 Å². The topological polar surface area (TPSA) is 32.1 Å². The van der Waals surface area contributed by atoms with Crippen LogP contribution in [0.4, 0.5) is 0 Å². The molecule has 0 radical (unpaired) electrons. The SMILES string of the molecule is CCCCP1(=O)C2CNCCN21. The molecule has 2 heterocycles. The molecule has 0 aromatic rings. The second-order valence-corrected chi connectivity index (χ2v) is 6.75. The lowest BCUT2D eigenvalue weighted by atomic mass is 10.4. The molecule has 0 aliphatic carbocycles. The number of hydrogen-bond donors (Lipinski definition) is 1. The number of nitrogens with one attached hydrogen (secondary N) is 1. The van der Waals surface area contributed by atoms with Gasteiger partial charge in [-0.2, -0.15) is 0 Å². The average Bonchev–Trinajstić information content (AvgIpc) is 2.71. The summed E-state index contributed by atoms with van der Waals surface area (Å²) in [7, 11) is -1.82. The normalized spacial score (nSPS) is 45.4. The molecule has 0 saturated carbocycles. The van der Waals surface area contributed by atoms with E-state index in [9.17, 15) is 4.57 Å². The van der Waals surface area contributed by atoms with Gasteiger partial charge in [0.05, 0.1) is 5.78 Å². The highest BCUT2D eigenvalue weighted by Crippen LogP contribution is 2.72. The molecule has 0 spiro atoms. The first kappa shape index (κ1) is 8.74. The van der Waals surface area contributed by atoms with Crippen LogP contribution in [0.25, 0.3) is 0 Å². The highest BCUT2D eigenvalue weighted by atomic mass is 31.2. The molecule has 0 amide bonds. The molecule has 0 aromatic heterocycles. The minimum atomic E-state index is -1.82. The van der Waals surface area contributed by atoms with E-state index in [0.717, 1.165) is 38.6 Å². The molecule has 3 atom stereocenters. The Morgan fingerprint density at radius 3 is 3.08 bits per heavy atom. The van der Waals surface area contributed by atoms with Crippen molar-refractivity contribution in [2.24, 2.45) is 0 Å². The second kappa shape index (κ2) is 3.13. The molecule has 2 aliphatic rings. The van der Waals surface area contributed by atoms with Crippen molar-refractivity contribution in [2.45, 2.75) is 25.5 Å². The van der Waals surface area contributed by atoms with E-state index < -0.39 is 7.29 Å². The minimum absolute atomic E-state index is 0.415. The zero-order chi connectivity index (χ0) is 8.60. The number of rotatable bonds is 3. The molecule has 4 heteroatoms. The molecule has 2 fully saturated rings. The summed E-state index contributed by atoms with van der Waals surface area (Å²) in [5, 5.41) is 3.29. The van der Waals surface area contributed by atoms with E-state index >= 15 is 0 Å². The Morgan fingerprint density at radius 2 is 2.50 bits per heavy atom. The maximum atomic E-state index is 12.1. The Kier molecular flexibility index (Phi) is 2.28. The summed E-state index contributed by atoms with van der Waals surface area (Å²) in [6, 6.07) is 0. The smallest absolute Gasteiger partial charge is 0.169 e. The second-order valence-electron chi connectivity index (χ2n) is 3.68. The summed E-state index contributed by atoms with van der Waals surface area (Å²) in [6.45, 7) is 5.15. The molecule has 2 saturated heterocycles. The van der Waals surface area contributed by atoms with Gasteiger partial charge in [-0.3, -0.25) is 0 Å². The zero-order valence-electron chi connectivity index (χ0n) is 7.62. The van der Waals surface area contributed by atoms with Crippen LogP contribution in [0.3, 0.4) is 0 Å². The van der Waals surface area contributed by atoms with E-state index in [1.54, 1.807) is 0 Å². The van der Waals surface area contributed by atoms with Gasteiger partial charge in [0.2, 0.25) is 0 Å². The standard InChI is InChI=1S/C8H17N2OP/c1-2-3-6-12(11)8-7-9-4-5-10(8)12/h8-9H,2-7H2,1H3. The molecule has 2 aliphatic heterocycles.